The summed E-state index contributed by atoms with van der Waals surface area (Å²) in [7, 11) is -3.68. The van der Waals surface area contributed by atoms with E-state index in [2.05, 4.69) is 4.72 Å². The molecule has 1 rings (SSSR count). The molecule has 0 heterocycles. The minimum Gasteiger partial charge on any atom is -0.480 e. The topological polar surface area (TPSA) is 83.5 Å². The molecule has 0 amide bonds. The highest BCUT2D eigenvalue weighted by molar-refractivity contribution is 7.88. The van der Waals surface area contributed by atoms with Gasteiger partial charge in [0.05, 0.1) is 5.75 Å². The van der Waals surface area contributed by atoms with E-state index in [0.717, 1.165) is 11.1 Å². The molecule has 0 fully saturated rings. The highest BCUT2D eigenvalue weighted by Crippen LogP contribution is 2.13. The summed E-state index contributed by atoms with van der Waals surface area (Å²) in [5, 5.41) is 9.03. The standard InChI is InChI=1S/C14H21NO4S/c1-9(2)13(14(16)17)15-20(18,19)8-12-6-5-10(3)11(4)7-12/h5-7,9,13,15H,8H2,1-4H3,(H,16,17)/t13-/m0/s1. The van der Waals surface area contributed by atoms with Crippen LogP contribution in [0.25, 0.3) is 0 Å². The predicted octanol–water partition coefficient (Wildman–Crippen LogP) is 1.83. The molecule has 0 aromatic heterocycles. The number of carboxylic acids is 1. The van der Waals surface area contributed by atoms with E-state index in [0.29, 0.717) is 5.56 Å². The summed E-state index contributed by atoms with van der Waals surface area (Å²) in [5.41, 5.74) is 2.74. The summed E-state index contributed by atoms with van der Waals surface area (Å²) >= 11 is 0. The lowest BCUT2D eigenvalue weighted by Crippen LogP contribution is -2.44. The van der Waals surface area contributed by atoms with E-state index < -0.39 is 22.0 Å². The number of sulfonamides is 1. The normalized spacial score (nSPS) is 13.4. The molecule has 1 atom stereocenters. The summed E-state index contributed by atoms with van der Waals surface area (Å²) in [6.07, 6.45) is 0. The monoisotopic (exact) mass is 299 g/mol. The van der Waals surface area contributed by atoms with Gasteiger partial charge in [-0.25, -0.2) is 13.1 Å². The Labute approximate surface area is 120 Å². The Hall–Kier alpha value is -1.40. The Morgan fingerprint density at radius 3 is 2.30 bits per heavy atom. The maximum Gasteiger partial charge on any atom is 0.321 e. The average molecular weight is 299 g/mol. The molecular weight excluding hydrogens is 278 g/mol. The number of carboxylic acid groups (broad SMARTS) is 1. The van der Waals surface area contributed by atoms with Crippen molar-refractivity contribution in [2.45, 2.75) is 39.5 Å². The smallest absolute Gasteiger partial charge is 0.321 e. The van der Waals surface area contributed by atoms with Crippen LogP contribution in [0.4, 0.5) is 0 Å². The van der Waals surface area contributed by atoms with Gasteiger partial charge in [0, 0.05) is 0 Å². The molecule has 0 saturated carbocycles. The first kappa shape index (κ1) is 16.7. The number of aryl methyl sites for hydroxylation is 2. The minimum atomic E-state index is -3.68. The van der Waals surface area contributed by atoms with Gasteiger partial charge in [0.15, 0.2) is 0 Å². The van der Waals surface area contributed by atoms with E-state index in [9.17, 15) is 13.2 Å². The van der Waals surface area contributed by atoms with Crippen LogP contribution in [0.5, 0.6) is 0 Å². The van der Waals surface area contributed by atoms with E-state index in [4.69, 9.17) is 5.11 Å². The van der Waals surface area contributed by atoms with Gasteiger partial charge < -0.3 is 5.11 Å². The SMILES string of the molecule is Cc1ccc(CS(=O)(=O)N[C@H](C(=O)O)C(C)C)cc1C. The molecule has 0 spiro atoms. The average Bonchev–Trinajstić information content (AvgIpc) is 2.30. The zero-order chi connectivity index (χ0) is 15.5. The first-order chi connectivity index (χ1) is 9.12. The number of benzene rings is 1. The number of hydrogen-bond acceptors (Lipinski definition) is 3. The zero-order valence-corrected chi connectivity index (χ0v) is 13.0. The number of nitrogens with one attached hydrogen (secondary N) is 1. The van der Waals surface area contributed by atoms with Gasteiger partial charge in [-0.3, -0.25) is 4.79 Å². The lowest BCUT2D eigenvalue weighted by Gasteiger charge is -2.18. The second kappa shape index (κ2) is 6.37. The van der Waals surface area contributed by atoms with Gasteiger partial charge in [0.2, 0.25) is 10.0 Å². The van der Waals surface area contributed by atoms with Gasteiger partial charge in [-0.2, -0.15) is 0 Å². The largest absolute Gasteiger partial charge is 0.480 e. The summed E-state index contributed by atoms with van der Waals surface area (Å²) in [5.74, 6) is -1.70. The fourth-order valence-electron chi connectivity index (χ4n) is 1.82. The van der Waals surface area contributed by atoms with Crippen molar-refractivity contribution in [2.75, 3.05) is 0 Å². The Kier molecular flexibility index (Phi) is 5.30. The highest BCUT2D eigenvalue weighted by Gasteiger charge is 2.26. The van der Waals surface area contributed by atoms with E-state index in [1.54, 1.807) is 26.0 Å². The molecule has 20 heavy (non-hydrogen) atoms. The van der Waals surface area contributed by atoms with Crippen molar-refractivity contribution in [3.63, 3.8) is 0 Å². The van der Waals surface area contributed by atoms with Gasteiger partial charge in [-0.15, -0.1) is 0 Å². The molecular formula is C14H21NO4S. The molecule has 0 aliphatic carbocycles. The Balaban J connectivity index is 2.89. The zero-order valence-electron chi connectivity index (χ0n) is 12.2. The molecule has 112 valence electrons. The maximum absolute atomic E-state index is 12.0. The van der Waals surface area contributed by atoms with E-state index in [-0.39, 0.29) is 11.7 Å². The quantitative estimate of drug-likeness (QED) is 0.839. The molecule has 2 N–H and O–H groups in total. The third kappa shape index (κ3) is 4.61. The number of hydrogen-bond donors (Lipinski definition) is 2. The lowest BCUT2D eigenvalue weighted by atomic mass is 10.1. The van der Waals surface area contributed by atoms with Crippen molar-refractivity contribution < 1.29 is 18.3 Å². The second-order valence-corrected chi connectivity index (χ2v) is 7.11. The number of aliphatic carboxylic acids is 1. The highest BCUT2D eigenvalue weighted by atomic mass is 32.2. The van der Waals surface area contributed by atoms with Crippen molar-refractivity contribution in [1.82, 2.24) is 4.72 Å². The predicted molar refractivity (Wildman–Crippen MR) is 77.9 cm³/mol. The van der Waals surface area contributed by atoms with E-state index in [1.807, 2.05) is 19.9 Å². The van der Waals surface area contributed by atoms with E-state index >= 15 is 0 Å². The molecule has 0 bridgehead atoms. The molecule has 0 radical (unpaired) electrons. The van der Waals surface area contributed by atoms with Gasteiger partial charge >= 0.3 is 5.97 Å². The van der Waals surface area contributed by atoms with Crippen LogP contribution >= 0.6 is 0 Å². The molecule has 0 aliphatic heterocycles. The summed E-state index contributed by atoms with van der Waals surface area (Å²) in [6.45, 7) is 7.19. The second-order valence-electron chi connectivity index (χ2n) is 5.36. The van der Waals surface area contributed by atoms with Crippen molar-refractivity contribution in [1.29, 1.82) is 0 Å². The van der Waals surface area contributed by atoms with Gasteiger partial charge in [-0.05, 0) is 36.5 Å². The van der Waals surface area contributed by atoms with Crippen LogP contribution in [0.2, 0.25) is 0 Å². The van der Waals surface area contributed by atoms with Crippen molar-refractivity contribution in [3.8, 4) is 0 Å². The molecule has 0 saturated heterocycles. The first-order valence-electron chi connectivity index (χ1n) is 6.41. The van der Waals surface area contributed by atoms with Crippen LogP contribution in [0.15, 0.2) is 18.2 Å². The van der Waals surface area contributed by atoms with Crippen molar-refractivity contribution in [2.24, 2.45) is 5.92 Å². The van der Waals surface area contributed by atoms with Crippen molar-refractivity contribution >= 4 is 16.0 Å². The van der Waals surface area contributed by atoms with E-state index in [1.165, 1.54) is 0 Å². The lowest BCUT2D eigenvalue weighted by molar-refractivity contribution is -0.140. The Bertz CT molecular complexity index is 593. The van der Waals surface area contributed by atoms with Crippen LogP contribution in [0.1, 0.15) is 30.5 Å². The molecule has 0 aliphatic rings. The van der Waals surface area contributed by atoms with Gasteiger partial charge in [0.25, 0.3) is 0 Å². The molecule has 1 aromatic carbocycles. The van der Waals surface area contributed by atoms with Crippen LogP contribution < -0.4 is 4.72 Å². The molecule has 5 nitrogen and oxygen atoms in total. The van der Waals surface area contributed by atoms with Crippen LogP contribution in [-0.2, 0) is 20.6 Å². The fraction of sp³-hybridized carbons (Fsp3) is 0.500. The summed E-state index contributed by atoms with van der Waals surface area (Å²) < 4.78 is 26.3. The molecule has 1 aromatic rings. The van der Waals surface area contributed by atoms with Crippen molar-refractivity contribution in [3.05, 3.63) is 34.9 Å². The Morgan fingerprint density at radius 2 is 1.85 bits per heavy atom. The Morgan fingerprint density at radius 1 is 1.25 bits per heavy atom. The number of rotatable bonds is 6. The molecule has 0 unspecified atom stereocenters. The van der Waals surface area contributed by atoms with Gasteiger partial charge in [0.1, 0.15) is 6.04 Å². The summed E-state index contributed by atoms with van der Waals surface area (Å²) in [6, 6.07) is 4.30. The van der Waals surface area contributed by atoms with Crippen LogP contribution in [-0.4, -0.2) is 25.5 Å². The summed E-state index contributed by atoms with van der Waals surface area (Å²) in [4.78, 5) is 11.0. The fourth-order valence-corrected chi connectivity index (χ4v) is 3.28. The van der Waals surface area contributed by atoms with Gasteiger partial charge in [-0.1, -0.05) is 32.0 Å². The van der Waals surface area contributed by atoms with Crippen LogP contribution in [0, 0.1) is 19.8 Å². The minimum absolute atomic E-state index is 0.218. The third-order valence-electron chi connectivity index (χ3n) is 3.17. The first-order valence-corrected chi connectivity index (χ1v) is 8.06. The number of carbonyl (C=O) groups is 1. The molecule has 6 heteroatoms. The van der Waals surface area contributed by atoms with Crippen LogP contribution in [0.3, 0.4) is 0 Å². The third-order valence-corrected chi connectivity index (χ3v) is 4.49. The maximum atomic E-state index is 12.0.